The Balaban J connectivity index is 1.19. The molecule has 0 fully saturated rings. The molecule has 0 atom stereocenters. The summed E-state index contributed by atoms with van der Waals surface area (Å²) in [5, 5.41) is 5.58. The monoisotopic (exact) mass is 669 g/mol. The molecule has 3 nitrogen and oxygen atoms in total. The minimum atomic E-state index is -0.147. The zero-order chi connectivity index (χ0) is 35.0. The lowest BCUT2D eigenvalue weighted by Crippen LogP contribution is -2.17. The van der Waals surface area contributed by atoms with Crippen molar-refractivity contribution in [2.75, 3.05) is 4.90 Å². The fourth-order valence-corrected chi connectivity index (χ4v) is 8.30. The molecule has 7 aromatic carbocycles. The molecule has 0 unspecified atom stereocenters. The Bertz CT molecular complexity index is 2920. The summed E-state index contributed by atoms with van der Waals surface area (Å²) in [7, 11) is 0. The highest BCUT2D eigenvalue weighted by Gasteiger charge is 2.36. The topological polar surface area (TPSA) is 29.5 Å². The van der Waals surface area contributed by atoms with Gasteiger partial charge in [0, 0.05) is 32.8 Å². The van der Waals surface area contributed by atoms with Crippen LogP contribution in [0, 0.1) is 0 Å². The summed E-state index contributed by atoms with van der Waals surface area (Å²) in [4.78, 5) is 2.36. The van der Waals surface area contributed by atoms with Gasteiger partial charge in [-0.25, -0.2) is 0 Å². The average molecular weight is 670 g/mol. The molecule has 0 spiro atoms. The number of anilines is 3. The average Bonchev–Trinajstić information content (AvgIpc) is 3.81. The predicted octanol–water partition coefficient (Wildman–Crippen LogP) is 14.1. The van der Waals surface area contributed by atoms with Gasteiger partial charge in [0.1, 0.15) is 16.9 Å². The second-order valence-corrected chi connectivity index (χ2v) is 14.2. The van der Waals surface area contributed by atoms with Crippen molar-refractivity contribution in [3.63, 3.8) is 0 Å². The lowest BCUT2D eigenvalue weighted by atomic mass is 9.82. The van der Waals surface area contributed by atoms with Gasteiger partial charge in [-0.3, -0.25) is 0 Å². The zero-order valence-corrected chi connectivity index (χ0v) is 29.1. The van der Waals surface area contributed by atoms with E-state index in [1.54, 1.807) is 6.08 Å². The molecule has 0 bridgehead atoms. The van der Waals surface area contributed by atoms with Crippen LogP contribution < -0.4 is 4.90 Å². The fourth-order valence-electron chi connectivity index (χ4n) is 8.30. The third kappa shape index (κ3) is 4.52. The van der Waals surface area contributed by atoms with Crippen LogP contribution in [0.15, 0.2) is 161 Å². The minimum absolute atomic E-state index is 0.147. The normalized spacial score (nSPS) is 13.3. The second-order valence-electron chi connectivity index (χ2n) is 14.2. The Morgan fingerprint density at radius 2 is 1.27 bits per heavy atom. The molecule has 52 heavy (non-hydrogen) atoms. The third-order valence-electron chi connectivity index (χ3n) is 10.9. The predicted molar refractivity (Wildman–Crippen MR) is 219 cm³/mol. The van der Waals surface area contributed by atoms with Crippen molar-refractivity contribution in [3.05, 3.63) is 180 Å². The molecule has 3 heteroatoms. The van der Waals surface area contributed by atoms with Crippen LogP contribution in [-0.2, 0) is 5.41 Å². The summed E-state index contributed by atoms with van der Waals surface area (Å²) in [6.45, 7) is 8.76. The van der Waals surface area contributed by atoms with Crippen molar-refractivity contribution in [1.29, 1.82) is 0 Å². The van der Waals surface area contributed by atoms with Crippen LogP contribution in [0.1, 0.15) is 41.9 Å². The second kappa shape index (κ2) is 11.5. The van der Waals surface area contributed by atoms with Crippen LogP contribution in [0.4, 0.5) is 17.1 Å². The lowest BCUT2D eigenvalue weighted by Gasteiger charge is -2.29. The summed E-state index contributed by atoms with van der Waals surface area (Å²) < 4.78 is 13.0. The smallest absolute Gasteiger partial charge is 0.159 e. The van der Waals surface area contributed by atoms with Gasteiger partial charge in [0.25, 0.3) is 0 Å². The van der Waals surface area contributed by atoms with E-state index in [-0.39, 0.29) is 5.41 Å². The highest BCUT2D eigenvalue weighted by Crippen LogP contribution is 2.51. The molecular weight excluding hydrogens is 635 g/mol. The fraction of sp³-hybridized carbons (Fsp3) is 0.0612. The quantitative estimate of drug-likeness (QED) is 0.176. The van der Waals surface area contributed by atoms with Crippen LogP contribution >= 0.6 is 0 Å². The maximum absolute atomic E-state index is 6.68. The molecule has 1 aliphatic rings. The van der Waals surface area contributed by atoms with Crippen molar-refractivity contribution in [3.8, 4) is 11.1 Å². The van der Waals surface area contributed by atoms with Gasteiger partial charge in [0.15, 0.2) is 5.58 Å². The first-order valence-corrected chi connectivity index (χ1v) is 17.8. The maximum Gasteiger partial charge on any atom is 0.159 e. The van der Waals surface area contributed by atoms with Gasteiger partial charge in [-0.15, -0.1) is 0 Å². The van der Waals surface area contributed by atoms with Crippen molar-refractivity contribution >= 4 is 79.0 Å². The molecule has 0 N–H and O–H groups in total. The molecule has 1 aliphatic carbocycles. The van der Waals surface area contributed by atoms with Crippen molar-refractivity contribution in [1.82, 2.24) is 0 Å². The number of rotatable bonds is 6. The standard InChI is InChI=1S/C49H35NO2/c1-4-45-38(40-28-32-15-5-6-16-33(32)29-47(40)51-45)26-24-31-14-7-11-21-43(31)50(44-22-13-19-39-37-18-9-12-23-46(37)52-48(39)44)34-25-27-36-35-17-8-10-20-41(35)49(2,3)42(36)30-34/h4-30H,1H2,2-3H3/b26-24+. The van der Waals surface area contributed by atoms with Gasteiger partial charge in [-0.2, -0.15) is 0 Å². The molecule has 0 amide bonds. The zero-order valence-electron chi connectivity index (χ0n) is 29.1. The molecule has 0 aliphatic heterocycles. The molecule has 2 aromatic heterocycles. The van der Waals surface area contributed by atoms with Crippen molar-refractivity contribution in [2.45, 2.75) is 19.3 Å². The number of furan rings is 2. The van der Waals surface area contributed by atoms with Gasteiger partial charge >= 0.3 is 0 Å². The Labute approximate surface area is 302 Å². The van der Waals surface area contributed by atoms with E-state index in [9.17, 15) is 0 Å². The third-order valence-corrected chi connectivity index (χ3v) is 10.9. The molecule has 9 aromatic rings. The summed E-state index contributed by atoms with van der Waals surface area (Å²) in [5.41, 5.74) is 12.9. The number of para-hydroxylation sites is 3. The summed E-state index contributed by atoms with van der Waals surface area (Å²) >= 11 is 0. The minimum Gasteiger partial charge on any atom is -0.456 e. The maximum atomic E-state index is 6.68. The van der Waals surface area contributed by atoms with Gasteiger partial charge in [0.05, 0.1) is 11.4 Å². The van der Waals surface area contributed by atoms with Crippen molar-refractivity contribution in [2.24, 2.45) is 0 Å². The number of hydrogen-bond acceptors (Lipinski definition) is 3. The first-order valence-electron chi connectivity index (χ1n) is 17.8. The summed E-state index contributed by atoms with van der Waals surface area (Å²) in [6, 6.07) is 51.8. The summed E-state index contributed by atoms with van der Waals surface area (Å²) in [5.74, 6) is 0.753. The molecular formula is C49H35NO2. The van der Waals surface area contributed by atoms with Gasteiger partial charge in [-0.05, 0) is 93.2 Å². The molecule has 0 radical (unpaired) electrons. The van der Waals surface area contributed by atoms with E-state index in [2.05, 4.69) is 171 Å². The number of benzene rings is 7. The van der Waals surface area contributed by atoms with Crippen LogP contribution in [0.2, 0.25) is 0 Å². The Morgan fingerprint density at radius 3 is 2.15 bits per heavy atom. The Kier molecular flexibility index (Phi) is 6.68. The number of nitrogens with zero attached hydrogens (tertiary/aromatic N) is 1. The lowest BCUT2D eigenvalue weighted by molar-refractivity contribution is 0.604. The number of fused-ring (bicyclic) bond motifs is 8. The van der Waals surface area contributed by atoms with Gasteiger partial charge < -0.3 is 13.7 Å². The highest BCUT2D eigenvalue weighted by atomic mass is 16.3. The van der Waals surface area contributed by atoms with Gasteiger partial charge in [0.2, 0.25) is 0 Å². The van der Waals surface area contributed by atoms with E-state index in [1.165, 1.54) is 27.6 Å². The van der Waals surface area contributed by atoms with Crippen LogP contribution in [0.3, 0.4) is 0 Å². The van der Waals surface area contributed by atoms with E-state index in [0.29, 0.717) is 0 Å². The van der Waals surface area contributed by atoms with E-state index in [1.807, 2.05) is 12.1 Å². The Hall–Kier alpha value is -6.58. The molecule has 10 rings (SSSR count). The number of hydrogen-bond donors (Lipinski definition) is 0. The van der Waals surface area contributed by atoms with Crippen LogP contribution in [-0.4, -0.2) is 0 Å². The van der Waals surface area contributed by atoms with E-state index >= 15 is 0 Å². The molecule has 248 valence electrons. The molecule has 2 heterocycles. The highest BCUT2D eigenvalue weighted by molar-refractivity contribution is 6.11. The molecule has 0 saturated heterocycles. The first kappa shape index (κ1) is 30.3. The SMILES string of the molecule is C=Cc1oc2cc3ccccc3cc2c1/C=C/c1ccccc1N(c1ccc2c(c1)C(C)(C)c1ccccc1-2)c1cccc2c1oc1ccccc12. The van der Waals surface area contributed by atoms with E-state index < -0.39 is 0 Å². The largest absolute Gasteiger partial charge is 0.456 e. The van der Waals surface area contributed by atoms with Crippen molar-refractivity contribution < 1.29 is 8.83 Å². The Morgan fingerprint density at radius 1 is 0.558 bits per heavy atom. The first-order chi connectivity index (χ1) is 25.5. The van der Waals surface area contributed by atoms with Crippen LogP contribution in [0.5, 0.6) is 0 Å². The van der Waals surface area contributed by atoms with Gasteiger partial charge in [-0.1, -0.05) is 130 Å². The van der Waals surface area contributed by atoms with E-state index in [4.69, 9.17) is 8.83 Å². The van der Waals surface area contributed by atoms with Crippen LogP contribution in [0.25, 0.3) is 73.0 Å². The molecule has 0 saturated carbocycles. The summed E-state index contributed by atoms with van der Waals surface area (Å²) in [6.07, 6.45) is 6.16. The van der Waals surface area contributed by atoms with E-state index in [0.717, 1.165) is 72.2 Å².